The molecule has 0 saturated heterocycles. The summed E-state index contributed by atoms with van der Waals surface area (Å²) in [6.45, 7) is 8.42. The van der Waals surface area contributed by atoms with Crippen molar-refractivity contribution >= 4 is 23.4 Å². The van der Waals surface area contributed by atoms with E-state index in [-0.39, 0.29) is 16.8 Å². The third-order valence-corrected chi connectivity index (χ3v) is 7.17. The number of carbonyl (C=O) groups is 1. The SMILES string of the molecule is CC[C@H](C)Sc1nc2c(c(=O)[nH]1)[C@H](c1cccc(OC)c1)C1=C(CC(C)(C)CC1=O)N2. The van der Waals surface area contributed by atoms with Crippen LogP contribution < -0.4 is 15.6 Å². The maximum Gasteiger partial charge on any atom is 0.257 e. The highest BCUT2D eigenvalue weighted by Gasteiger charge is 2.42. The summed E-state index contributed by atoms with van der Waals surface area (Å²) in [4.78, 5) is 34.3. The molecular formula is C24H29N3O3S. The second-order valence-electron chi connectivity index (χ2n) is 9.14. The number of anilines is 1. The fourth-order valence-electron chi connectivity index (χ4n) is 4.38. The highest BCUT2D eigenvalue weighted by Crippen LogP contribution is 2.48. The molecule has 7 heteroatoms. The van der Waals surface area contributed by atoms with Crippen molar-refractivity contribution in [2.75, 3.05) is 12.4 Å². The van der Waals surface area contributed by atoms with E-state index in [9.17, 15) is 9.59 Å². The van der Waals surface area contributed by atoms with Crippen LogP contribution in [0.4, 0.5) is 5.82 Å². The molecule has 2 aromatic rings. The number of nitrogens with one attached hydrogen (secondary N) is 2. The molecule has 1 aromatic carbocycles. The van der Waals surface area contributed by atoms with Gasteiger partial charge in [0.2, 0.25) is 0 Å². The summed E-state index contributed by atoms with van der Waals surface area (Å²) < 4.78 is 5.41. The topological polar surface area (TPSA) is 84.1 Å². The lowest BCUT2D eigenvalue weighted by Gasteiger charge is -2.38. The lowest BCUT2D eigenvalue weighted by atomic mass is 9.69. The summed E-state index contributed by atoms with van der Waals surface area (Å²) in [5.41, 5.74) is 2.55. The molecule has 2 atom stereocenters. The van der Waals surface area contributed by atoms with Crippen molar-refractivity contribution in [3.05, 3.63) is 57.0 Å². The molecule has 0 spiro atoms. The smallest absolute Gasteiger partial charge is 0.257 e. The first-order valence-corrected chi connectivity index (χ1v) is 11.6. The van der Waals surface area contributed by atoms with E-state index in [1.165, 1.54) is 0 Å². The van der Waals surface area contributed by atoms with Gasteiger partial charge in [-0.05, 0) is 36.0 Å². The number of ketones is 1. The molecule has 0 saturated carbocycles. The number of aromatic nitrogens is 2. The van der Waals surface area contributed by atoms with E-state index in [1.807, 2.05) is 24.3 Å². The number of fused-ring (bicyclic) bond motifs is 1. The van der Waals surface area contributed by atoms with Crippen molar-refractivity contribution in [3.8, 4) is 5.75 Å². The van der Waals surface area contributed by atoms with E-state index in [0.29, 0.717) is 39.5 Å². The number of ether oxygens (including phenoxy) is 1. The normalized spacial score (nSPS) is 20.5. The third kappa shape index (κ3) is 4.15. The van der Waals surface area contributed by atoms with Gasteiger partial charge in [0, 0.05) is 28.9 Å². The molecule has 6 nitrogen and oxygen atoms in total. The van der Waals surface area contributed by atoms with Crippen molar-refractivity contribution in [3.63, 3.8) is 0 Å². The number of H-pyrrole nitrogens is 1. The Hall–Kier alpha value is -2.54. The quantitative estimate of drug-likeness (QED) is 0.511. The van der Waals surface area contributed by atoms with Crippen LogP contribution in [0.15, 0.2) is 45.5 Å². The molecule has 0 bridgehead atoms. The van der Waals surface area contributed by atoms with Crippen LogP contribution in [0.3, 0.4) is 0 Å². The Bertz CT molecular complexity index is 1120. The number of hydrogen-bond acceptors (Lipinski definition) is 6. The van der Waals surface area contributed by atoms with Crippen LogP contribution in [-0.2, 0) is 4.79 Å². The van der Waals surface area contributed by atoms with Crippen LogP contribution in [0.5, 0.6) is 5.75 Å². The fraction of sp³-hybridized carbons (Fsp3) is 0.458. The van der Waals surface area contributed by atoms with E-state index in [0.717, 1.165) is 24.1 Å². The van der Waals surface area contributed by atoms with Gasteiger partial charge < -0.3 is 15.0 Å². The second-order valence-corrected chi connectivity index (χ2v) is 10.6. The molecule has 2 heterocycles. The first-order chi connectivity index (χ1) is 14.7. The number of nitrogens with zero attached hydrogens (tertiary/aromatic N) is 1. The number of Topliss-reactive ketones (excluding diaryl/α,β-unsaturated/α-hetero) is 1. The Labute approximate surface area is 186 Å². The second kappa shape index (κ2) is 8.19. The van der Waals surface area contributed by atoms with Crippen LogP contribution in [-0.4, -0.2) is 28.1 Å². The van der Waals surface area contributed by atoms with Gasteiger partial charge in [-0.3, -0.25) is 9.59 Å². The molecule has 0 unspecified atom stereocenters. The Morgan fingerprint density at radius 3 is 2.77 bits per heavy atom. The summed E-state index contributed by atoms with van der Waals surface area (Å²) >= 11 is 1.55. The van der Waals surface area contributed by atoms with Gasteiger partial charge in [0.1, 0.15) is 11.6 Å². The van der Waals surface area contributed by atoms with Gasteiger partial charge >= 0.3 is 0 Å². The molecule has 31 heavy (non-hydrogen) atoms. The van der Waals surface area contributed by atoms with Crippen molar-refractivity contribution in [2.24, 2.45) is 5.41 Å². The number of hydrogen-bond donors (Lipinski definition) is 2. The summed E-state index contributed by atoms with van der Waals surface area (Å²) in [5.74, 6) is 0.849. The summed E-state index contributed by atoms with van der Waals surface area (Å²) in [6, 6.07) is 7.60. The third-order valence-electron chi connectivity index (χ3n) is 6.02. The number of rotatable bonds is 5. The minimum atomic E-state index is -0.469. The monoisotopic (exact) mass is 439 g/mol. The van der Waals surface area contributed by atoms with Gasteiger partial charge in [-0.2, -0.15) is 0 Å². The van der Waals surface area contributed by atoms with Gasteiger partial charge in [-0.1, -0.05) is 51.6 Å². The maximum atomic E-state index is 13.3. The van der Waals surface area contributed by atoms with E-state index in [1.54, 1.807) is 18.9 Å². The van der Waals surface area contributed by atoms with Crippen LogP contribution in [0.1, 0.15) is 64.0 Å². The summed E-state index contributed by atoms with van der Waals surface area (Å²) in [6.07, 6.45) is 2.16. The van der Waals surface area contributed by atoms with E-state index < -0.39 is 5.92 Å². The average molecular weight is 440 g/mol. The van der Waals surface area contributed by atoms with E-state index in [2.05, 4.69) is 38.0 Å². The molecule has 0 amide bonds. The first kappa shape index (κ1) is 21.7. The zero-order valence-corrected chi connectivity index (χ0v) is 19.5. The minimum Gasteiger partial charge on any atom is -0.497 e. The molecule has 164 valence electrons. The van der Waals surface area contributed by atoms with Gasteiger partial charge in [0.25, 0.3) is 5.56 Å². The molecule has 0 fully saturated rings. The van der Waals surface area contributed by atoms with E-state index >= 15 is 0 Å². The highest BCUT2D eigenvalue weighted by molar-refractivity contribution is 7.99. The highest BCUT2D eigenvalue weighted by atomic mass is 32.2. The van der Waals surface area contributed by atoms with Crippen LogP contribution in [0.25, 0.3) is 0 Å². The van der Waals surface area contributed by atoms with Crippen LogP contribution >= 0.6 is 11.8 Å². The van der Waals surface area contributed by atoms with Crippen molar-refractivity contribution in [1.29, 1.82) is 0 Å². The largest absolute Gasteiger partial charge is 0.497 e. The predicted molar refractivity (Wildman–Crippen MR) is 124 cm³/mol. The Kier molecular flexibility index (Phi) is 5.73. The Morgan fingerprint density at radius 2 is 2.06 bits per heavy atom. The fourth-order valence-corrected chi connectivity index (χ4v) is 5.22. The summed E-state index contributed by atoms with van der Waals surface area (Å²) in [7, 11) is 1.61. The minimum absolute atomic E-state index is 0.0784. The molecule has 0 radical (unpaired) electrons. The summed E-state index contributed by atoms with van der Waals surface area (Å²) in [5, 5.41) is 4.30. The van der Waals surface area contributed by atoms with Gasteiger partial charge in [-0.15, -0.1) is 0 Å². The Balaban J connectivity index is 1.91. The lowest BCUT2D eigenvalue weighted by Crippen LogP contribution is -2.37. The van der Waals surface area contributed by atoms with Crippen molar-refractivity contribution in [2.45, 2.75) is 63.3 Å². The van der Waals surface area contributed by atoms with Gasteiger partial charge in [0.15, 0.2) is 10.9 Å². The first-order valence-electron chi connectivity index (χ1n) is 10.7. The zero-order chi connectivity index (χ0) is 22.3. The Morgan fingerprint density at radius 1 is 1.29 bits per heavy atom. The van der Waals surface area contributed by atoms with Gasteiger partial charge in [0.05, 0.1) is 12.7 Å². The lowest BCUT2D eigenvalue weighted by molar-refractivity contribution is -0.118. The number of thioether (sulfide) groups is 1. The standard InChI is InChI=1S/C24H29N3O3S/c1-6-13(2)31-23-26-21-20(22(29)27-23)18(14-8-7-9-15(10-14)30-5)19-16(25-21)11-24(3,4)12-17(19)28/h7-10,13,18H,6,11-12H2,1-5H3,(H2,25,26,27,29)/t13-,18+/m0/s1. The number of carbonyl (C=O) groups excluding carboxylic acids is 1. The molecule has 1 aliphatic carbocycles. The van der Waals surface area contributed by atoms with E-state index in [4.69, 9.17) is 9.72 Å². The maximum absolute atomic E-state index is 13.3. The van der Waals surface area contributed by atoms with Gasteiger partial charge in [-0.25, -0.2) is 4.98 Å². The van der Waals surface area contributed by atoms with Crippen molar-refractivity contribution in [1.82, 2.24) is 9.97 Å². The molecule has 2 N–H and O–H groups in total. The molecular weight excluding hydrogens is 410 g/mol. The molecule has 2 aliphatic rings. The predicted octanol–water partition coefficient (Wildman–Crippen LogP) is 4.87. The number of aromatic amines is 1. The number of methoxy groups -OCH3 is 1. The average Bonchev–Trinajstić information content (AvgIpc) is 2.71. The molecule has 4 rings (SSSR count). The molecule has 1 aromatic heterocycles. The number of benzene rings is 1. The van der Waals surface area contributed by atoms with Crippen molar-refractivity contribution < 1.29 is 9.53 Å². The number of allylic oxidation sites excluding steroid dienone is 2. The van der Waals surface area contributed by atoms with Crippen LogP contribution in [0, 0.1) is 5.41 Å². The van der Waals surface area contributed by atoms with Crippen LogP contribution in [0.2, 0.25) is 0 Å². The zero-order valence-electron chi connectivity index (χ0n) is 18.7. The molecule has 1 aliphatic heterocycles.